The lowest BCUT2D eigenvalue weighted by Gasteiger charge is -2.22. The Balaban J connectivity index is 2.18. The maximum atomic E-state index is 11.8. The molecule has 1 atom stereocenters. The number of carbonyl (C=O) groups is 1. The summed E-state index contributed by atoms with van der Waals surface area (Å²) in [4.78, 5) is 22.5. The average Bonchev–Trinajstić information content (AvgIpc) is 2.79. The maximum Gasteiger partial charge on any atom is 0.273 e. The number of nitro benzene ring substituents is 1. The van der Waals surface area contributed by atoms with Crippen LogP contribution in [0.15, 0.2) is 24.3 Å². The molecule has 102 valence electrons. The molecule has 7 heteroatoms. The second-order valence-electron chi connectivity index (χ2n) is 4.73. The van der Waals surface area contributed by atoms with Gasteiger partial charge in [-0.05, 0) is 6.92 Å². The molecule has 2 aromatic rings. The molecule has 1 aliphatic heterocycles. The number of hydrogen-bond acceptors (Lipinski definition) is 4. The number of H-pyrrole nitrogens is 1. The third kappa shape index (κ3) is 1.83. The minimum atomic E-state index is -0.420. The van der Waals surface area contributed by atoms with Crippen LogP contribution >= 0.6 is 0 Å². The number of amides is 1. The van der Waals surface area contributed by atoms with Crippen molar-refractivity contribution in [3.8, 4) is 0 Å². The van der Waals surface area contributed by atoms with E-state index >= 15 is 0 Å². The fraction of sp³-hybridized carbons (Fsp3) is 0.231. The topological polar surface area (TPSA) is 101 Å². The first kappa shape index (κ1) is 12.3. The van der Waals surface area contributed by atoms with E-state index in [0.29, 0.717) is 11.4 Å². The molecule has 1 aromatic carbocycles. The number of aromatic amines is 1. The zero-order valence-corrected chi connectivity index (χ0v) is 10.7. The van der Waals surface area contributed by atoms with E-state index in [0.717, 1.165) is 11.3 Å². The Labute approximate surface area is 114 Å². The molecule has 2 heterocycles. The van der Waals surface area contributed by atoms with Gasteiger partial charge in [-0.3, -0.25) is 20.0 Å². The van der Waals surface area contributed by atoms with Gasteiger partial charge in [0, 0.05) is 35.2 Å². The summed E-state index contributed by atoms with van der Waals surface area (Å²) in [5.41, 5.74) is 2.19. The zero-order chi connectivity index (χ0) is 14.3. The number of rotatable bonds is 2. The fourth-order valence-corrected chi connectivity index (χ4v) is 2.64. The lowest BCUT2D eigenvalue weighted by molar-refractivity contribution is -0.385. The number of nitro groups is 1. The van der Waals surface area contributed by atoms with Gasteiger partial charge in [0.25, 0.3) is 5.69 Å². The first-order valence-electron chi connectivity index (χ1n) is 6.16. The Bertz CT molecular complexity index is 707. The van der Waals surface area contributed by atoms with Gasteiger partial charge in [-0.25, -0.2) is 0 Å². The fourth-order valence-electron chi connectivity index (χ4n) is 2.64. The molecule has 0 bridgehead atoms. The maximum absolute atomic E-state index is 11.8. The van der Waals surface area contributed by atoms with E-state index in [2.05, 4.69) is 15.5 Å². The number of fused-ring (bicyclic) bond motifs is 1. The van der Waals surface area contributed by atoms with Crippen LogP contribution in [0.1, 0.15) is 29.2 Å². The lowest BCUT2D eigenvalue weighted by atomic mass is 9.85. The number of benzene rings is 1. The van der Waals surface area contributed by atoms with E-state index in [1.807, 2.05) is 6.92 Å². The summed E-state index contributed by atoms with van der Waals surface area (Å²) in [6.45, 7) is 1.84. The van der Waals surface area contributed by atoms with Crippen LogP contribution in [-0.2, 0) is 4.79 Å². The molecule has 1 unspecified atom stereocenters. The molecule has 0 saturated carbocycles. The van der Waals surface area contributed by atoms with Crippen molar-refractivity contribution < 1.29 is 9.72 Å². The molecule has 1 aromatic heterocycles. The van der Waals surface area contributed by atoms with E-state index < -0.39 is 4.92 Å². The highest BCUT2D eigenvalue weighted by Gasteiger charge is 2.33. The van der Waals surface area contributed by atoms with Crippen molar-refractivity contribution >= 4 is 17.4 Å². The lowest BCUT2D eigenvalue weighted by Crippen LogP contribution is -2.23. The molecular formula is C13H12N4O3. The number of carbonyl (C=O) groups excluding carboxylic acids is 1. The molecular weight excluding hydrogens is 260 g/mol. The van der Waals surface area contributed by atoms with Gasteiger partial charge >= 0.3 is 0 Å². The number of anilines is 1. The number of hydrogen-bond donors (Lipinski definition) is 2. The van der Waals surface area contributed by atoms with Gasteiger partial charge in [-0.2, -0.15) is 5.10 Å². The van der Waals surface area contributed by atoms with Crippen molar-refractivity contribution in [2.75, 3.05) is 5.32 Å². The number of nitrogens with one attached hydrogen (secondary N) is 2. The molecule has 0 saturated heterocycles. The van der Waals surface area contributed by atoms with Crippen molar-refractivity contribution in [1.29, 1.82) is 0 Å². The molecule has 20 heavy (non-hydrogen) atoms. The Morgan fingerprint density at radius 3 is 2.90 bits per heavy atom. The quantitative estimate of drug-likeness (QED) is 0.645. The highest BCUT2D eigenvalue weighted by Crippen LogP contribution is 2.40. The van der Waals surface area contributed by atoms with Gasteiger partial charge in [0.1, 0.15) is 0 Å². The second kappa shape index (κ2) is 4.44. The van der Waals surface area contributed by atoms with Gasteiger partial charge in [-0.15, -0.1) is 0 Å². The van der Waals surface area contributed by atoms with Crippen LogP contribution < -0.4 is 5.32 Å². The SMILES string of the molecule is Cc1[nH]nc2c1C(c1ccccc1[N+](=O)[O-])CC(=O)N2. The number of aryl methyl sites for hydroxylation is 1. The average molecular weight is 272 g/mol. The minimum Gasteiger partial charge on any atom is -0.309 e. The van der Waals surface area contributed by atoms with E-state index in [1.54, 1.807) is 18.2 Å². The Kier molecular flexibility index (Phi) is 2.74. The summed E-state index contributed by atoms with van der Waals surface area (Å²) in [5.74, 6) is -0.0758. The predicted molar refractivity (Wildman–Crippen MR) is 71.5 cm³/mol. The van der Waals surface area contributed by atoms with Gasteiger partial charge in [0.15, 0.2) is 5.82 Å². The Hall–Kier alpha value is -2.70. The molecule has 1 aliphatic rings. The van der Waals surface area contributed by atoms with Crippen molar-refractivity contribution in [3.63, 3.8) is 0 Å². The third-order valence-electron chi connectivity index (χ3n) is 3.50. The standard InChI is InChI=1S/C13H12N4O3/c1-7-12-9(6-11(18)14-13(12)16-15-7)8-4-2-3-5-10(8)17(19)20/h2-5,9H,6H2,1H3,(H2,14,15,16,18). The molecule has 0 fully saturated rings. The smallest absolute Gasteiger partial charge is 0.273 e. The van der Waals surface area contributed by atoms with E-state index in [9.17, 15) is 14.9 Å². The van der Waals surface area contributed by atoms with Gasteiger partial charge < -0.3 is 5.32 Å². The normalized spacial score (nSPS) is 17.4. The van der Waals surface area contributed by atoms with Crippen LogP contribution in [0.2, 0.25) is 0 Å². The summed E-state index contributed by atoms with van der Waals surface area (Å²) in [6.07, 6.45) is 0.179. The largest absolute Gasteiger partial charge is 0.309 e. The number of aromatic nitrogens is 2. The number of nitrogens with zero attached hydrogens (tertiary/aromatic N) is 2. The summed E-state index contributed by atoms with van der Waals surface area (Å²) >= 11 is 0. The zero-order valence-electron chi connectivity index (χ0n) is 10.7. The summed E-state index contributed by atoms with van der Waals surface area (Å²) < 4.78 is 0. The van der Waals surface area contributed by atoms with E-state index in [-0.39, 0.29) is 23.9 Å². The van der Waals surface area contributed by atoms with Crippen molar-refractivity contribution in [2.24, 2.45) is 0 Å². The molecule has 2 N–H and O–H groups in total. The molecule has 0 spiro atoms. The molecule has 3 rings (SSSR count). The van der Waals surface area contributed by atoms with Gasteiger partial charge in [0.05, 0.1) is 4.92 Å². The first-order valence-corrected chi connectivity index (χ1v) is 6.16. The van der Waals surface area contributed by atoms with E-state index in [4.69, 9.17) is 0 Å². The van der Waals surface area contributed by atoms with E-state index in [1.165, 1.54) is 6.07 Å². The summed E-state index contributed by atoms with van der Waals surface area (Å²) in [6, 6.07) is 6.51. The van der Waals surface area contributed by atoms with Gasteiger partial charge in [0.2, 0.25) is 5.91 Å². The van der Waals surface area contributed by atoms with Crippen LogP contribution in [0.5, 0.6) is 0 Å². The molecule has 0 radical (unpaired) electrons. The number of para-hydroxylation sites is 1. The predicted octanol–water partition coefficient (Wildman–Crippen LogP) is 2.10. The second-order valence-corrected chi connectivity index (χ2v) is 4.73. The van der Waals surface area contributed by atoms with Crippen LogP contribution in [0.4, 0.5) is 11.5 Å². The molecule has 0 aliphatic carbocycles. The van der Waals surface area contributed by atoms with Crippen molar-refractivity contribution in [2.45, 2.75) is 19.3 Å². The Morgan fingerprint density at radius 2 is 2.15 bits per heavy atom. The van der Waals surface area contributed by atoms with Crippen LogP contribution in [0.25, 0.3) is 0 Å². The van der Waals surface area contributed by atoms with Crippen LogP contribution in [-0.4, -0.2) is 21.0 Å². The van der Waals surface area contributed by atoms with Crippen molar-refractivity contribution in [3.05, 3.63) is 51.2 Å². The van der Waals surface area contributed by atoms with Crippen LogP contribution in [0.3, 0.4) is 0 Å². The molecule has 7 nitrogen and oxygen atoms in total. The summed E-state index contributed by atoms with van der Waals surface area (Å²) in [7, 11) is 0. The van der Waals surface area contributed by atoms with Crippen molar-refractivity contribution in [1.82, 2.24) is 10.2 Å². The van der Waals surface area contributed by atoms with Gasteiger partial charge in [-0.1, -0.05) is 18.2 Å². The highest BCUT2D eigenvalue weighted by atomic mass is 16.6. The monoisotopic (exact) mass is 272 g/mol. The molecule has 1 amide bonds. The first-order chi connectivity index (χ1) is 9.58. The highest BCUT2D eigenvalue weighted by molar-refractivity contribution is 5.94. The Morgan fingerprint density at radius 1 is 1.40 bits per heavy atom. The minimum absolute atomic E-state index is 0.0266. The summed E-state index contributed by atoms with van der Waals surface area (Å²) in [5, 5.41) is 20.7. The third-order valence-corrected chi connectivity index (χ3v) is 3.50. The van der Waals surface area contributed by atoms with Crippen LogP contribution in [0, 0.1) is 17.0 Å².